The molecule has 0 heterocycles. The fourth-order valence-corrected chi connectivity index (χ4v) is 1.17. The fourth-order valence-electron chi connectivity index (χ4n) is 1.17. The van der Waals surface area contributed by atoms with Crippen LogP contribution in [0.1, 0.15) is 20.8 Å². The van der Waals surface area contributed by atoms with Gasteiger partial charge in [0.1, 0.15) is 0 Å². The molecule has 1 unspecified atom stereocenters. The molecule has 0 aliphatic heterocycles. The molecule has 0 amide bonds. The summed E-state index contributed by atoms with van der Waals surface area (Å²) in [5.41, 5.74) is 0. The number of alkyl halides is 3. The molecule has 0 aromatic carbocycles. The number of carboxylic acids is 1. The monoisotopic (exact) mass is 227 g/mol. The Morgan fingerprint density at radius 1 is 1.33 bits per heavy atom. The molecule has 0 aromatic rings. The van der Waals surface area contributed by atoms with Crippen LogP contribution >= 0.6 is 0 Å². The van der Waals surface area contributed by atoms with Gasteiger partial charge >= 0.3 is 12.1 Å². The molecule has 0 aliphatic carbocycles. The largest absolute Gasteiger partial charge is 0.480 e. The van der Waals surface area contributed by atoms with Crippen molar-refractivity contribution in [3.8, 4) is 0 Å². The van der Waals surface area contributed by atoms with E-state index < -0.39 is 31.3 Å². The Bertz CT molecular complexity index is 216. The maximum atomic E-state index is 12.1. The minimum absolute atomic E-state index is 0.0216. The van der Waals surface area contributed by atoms with Crippen molar-refractivity contribution in [3.05, 3.63) is 0 Å². The quantitative estimate of drug-likeness (QED) is 0.780. The zero-order valence-electron chi connectivity index (χ0n) is 9.01. The summed E-state index contributed by atoms with van der Waals surface area (Å²) < 4.78 is 36.4. The van der Waals surface area contributed by atoms with Crippen LogP contribution in [0.2, 0.25) is 0 Å². The molecule has 15 heavy (non-hydrogen) atoms. The SMILES string of the molecule is CC(C)C(C)N(CC(=O)O)CC(F)(F)F. The summed E-state index contributed by atoms with van der Waals surface area (Å²) in [5.74, 6) is -1.27. The molecule has 0 saturated carbocycles. The first-order chi connectivity index (χ1) is 6.63. The maximum absolute atomic E-state index is 12.1. The van der Waals surface area contributed by atoms with Crippen LogP contribution in [0.3, 0.4) is 0 Å². The van der Waals surface area contributed by atoms with Crippen molar-refractivity contribution < 1.29 is 23.1 Å². The highest BCUT2D eigenvalue weighted by molar-refractivity contribution is 5.69. The van der Waals surface area contributed by atoms with Crippen molar-refractivity contribution in [1.29, 1.82) is 0 Å². The van der Waals surface area contributed by atoms with Gasteiger partial charge in [0.15, 0.2) is 0 Å². The first-order valence-electron chi connectivity index (χ1n) is 4.66. The maximum Gasteiger partial charge on any atom is 0.401 e. The Morgan fingerprint density at radius 3 is 2.07 bits per heavy atom. The molecular formula is C9H16F3NO2. The molecule has 90 valence electrons. The van der Waals surface area contributed by atoms with Crippen molar-refractivity contribution >= 4 is 5.97 Å². The molecule has 1 atom stereocenters. The molecule has 0 fully saturated rings. The molecule has 0 saturated heterocycles. The summed E-state index contributed by atoms with van der Waals surface area (Å²) in [6, 6.07) is -0.414. The van der Waals surface area contributed by atoms with Gasteiger partial charge in [0.25, 0.3) is 0 Å². The molecule has 0 radical (unpaired) electrons. The molecule has 6 heteroatoms. The predicted molar refractivity (Wildman–Crippen MR) is 49.6 cm³/mol. The van der Waals surface area contributed by atoms with E-state index in [4.69, 9.17) is 5.11 Å². The van der Waals surface area contributed by atoms with Crippen LogP contribution in [-0.4, -0.2) is 41.3 Å². The number of rotatable bonds is 5. The van der Waals surface area contributed by atoms with Crippen molar-refractivity contribution in [2.24, 2.45) is 5.92 Å². The summed E-state index contributed by atoms with van der Waals surface area (Å²) in [7, 11) is 0. The fraction of sp³-hybridized carbons (Fsp3) is 0.889. The normalized spacial score (nSPS) is 14.7. The second kappa shape index (κ2) is 5.34. The third-order valence-corrected chi connectivity index (χ3v) is 2.26. The van der Waals surface area contributed by atoms with Crippen LogP contribution in [0.25, 0.3) is 0 Å². The van der Waals surface area contributed by atoms with Gasteiger partial charge < -0.3 is 5.11 Å². The van der Waals surface area contributed by atoms with Crippen molar-refractivity contribution in [1.82, 2.24) is 4.90 Å². The topological polar surface area (TPSA) is 40.5 Å². The van der Waals surface area contributed by atoms with Gasteiger partial charge in [-0.25, -0.2) is 0 Å². The lowest BCUT2D eigenvalue weighted by Crippen LogP contribution is -2.45. The Kier molecular flexibility index (Phi) is 5.07. The number of halogens is 3. The van der Waals surface area contributed by atoms with Crippen molar-refractivity contribution in [2.45, 2.75) is 33.0 Å². The highest BCUT2D eigenvalue weighted by Gasteiger charge is 2.34. The van der Waals surface area contributed by atoms with Gasteiger partial charge in [-0.3, -0.25) is 9.69 Å². The average molecular weight is 227 g/mol. The Hall–Kier alpha value is -0.780. The van der Waals surface area contributed by atoms with E-state index >= 15 is 0 Å². The summed E-state index contributed by atoms with van der Waals surface area (Å²) in [4.78, 5) is 11.3. The number of hydrogen-bond donors (Lipinski definition) is 1. The zero-order chi connectivity index (χ0) is 12.2. The molecule has 0 spiro atoms. The highest BCUT2D eigenvalue weighted by atomic mass is 19.4. The summed E-state index contributed by atoms with van der Waals surface area (Å²) >= 11 is 0. The molecule has 0 bridgehead atoms. The molecular weight excluding hydrogens is 211 g/mol. The molecule has 0 rings (SSSR count). The third-order valence-electron chi connectivity index (χ3n) is 2.26. The van der Waals surface area contributed by atoms with Gasteiger partial charge in [-0.1, -0.05) is 13.8 Å². The van der Waals surface area contributed by atoms with Crippen LogP contribution in [0, 0.1) is 5.92 Å². The first-order valence-corrected chi connectivity index (χ1v) is 4.66. The second-order valence-electron chi connectivity index (χ2n) is 3.90. The van der Waals surface area contributed by atoms with E-state index in [1.165, 1.54) is 0 Å². The summed E-state index contributed by atoms with van der Waals surface area (Å²) in [6.45, 7) is 3.35. The third kappa shape index (κ3) is 6.33. The van der Waals surface area contributed by atoms with Gasteiger partial charge in [0.05, 0.1) is 13.1 Å². The van der Waals surface area contributed by atoms with Gasteiger partial charge in [-0.05, 0) is 12.8 Å². The minimum atomic E-state index is -4.36. The molecule has 3 nitrogen and oxygen atoms in total. The zero-order valence-corrected chi connectivity index (χ0v) is 9.01. The van der Waals surface area contributed by atoms with E-state index in [2.05, 4.69) is 0 Å². The predicted octanol–water partition coefficient (Wildman–Crippen LogP) is 1.98. The number of nitrogens with zero attached hydrogens (tertiary/aromatic N) is 1. The van der Waals surface area contributed by atoms with Crippen LogP contribution in [-0.2, 0) is 4.79 Å². The van der Waals surface area contributed by atoms with Crippen LogP contribution in [0.4, 0.5) is 13.2 Å². The average Bonchev–Trinajstić information content (AvgIpc) is 1.97. The standard InChI is InChI=1S/C9H16F3NO2/c1-6(2)7(3)13(4-8(14)15)5-9(10,11)12/h6-7H,4-5H2,1-3H3,(H,14,15). The van der Waals surface area contributed by atoms with E-state index in [0.717, 1.165) is 4.90 Å². The Labute approximate surface area is 86.9 Å². The van der Waals surface area contributed by atoms with Crippen molar-refractivity contribution in [3.63, 3.8) is 0 Å². The van der Waals surface area contributed by atoms with Gasteiger partial charge in [0, 0.05) is 6.04 Å². The van der Waals surface area contributed by atoms with Gasteiger partial charge in [-0.15, -0.1) is 0 Å². The smallest absolute Gasteiger partial charge is 0.401 e. The highest BCUT2D eigenvalue weighted by Crippen LogP contribution is 2.20. The number of aliphatic carboxylic acids is 1. The first kappa shape index (κ1) is 14.2. The van der Waals surface area contributed by atoms with Crippen LogP contribution in [0.5, 0.6) is 0 Å². The van der Waals surface area contributed by atoms with E-state index in [1.807, 2.05) is 0 Å². The van der Waals surface area contributed by atoms with E-state index in [9.17, 15) is 18.0 Å². The second-order valence-corrected chi connectivity index (χ2v) is 3.90. The van der Waals surface area contributed by atoms with E-state index in [1.54, 1.807) is 20.8 Å². The number of carbonyl (C=O) groups is 1. The Morgan fingerprint density at radius 2 is 1.80 bits per heavy atom. The molecule has 0 aromatic heterocycles. The van der Waals surface area contributed by atoms with Gasteiger partial charge in [0.2, 0.25) is 0 Å². The lowest BCUT2D eigenvalue weighted by Gasteiger charge is -2.30. The summed E-state index contributed by atoms with van der Waals surface area (Å²) in [5, 5.41) is 8.50. The van der Waals surface area contributed by atoms with Crippen LogP contribution < -0.4 is 0 Å². The minimum Gasteiger partial charge on any atom is -0.480 e. The van der Waals surface area contributed by atoms with Crippen molar-refractivity contribution in [2.75, 3.05) is 13.1 Å². The van der Waals surface area contributed by atoms with Crippen LogP contribution in [0.15, 0.2) is 0 Å². The molecule has 1 N–H and O–H groups in total. The number of carboxylic acid groups (broad SMARTS) is 1. The van der Waals surface area contributed by atoms with E-state index in [0.29, 0.717) is 0 Å². The van der Waals surface area contributed by atoms with Gasteiger partial charge in [-0.2, -0.15) is 13.2 Å². The number of hydrogen-bond acceptors (Lipinski definition) is 2. The van der Waals surface area contributed by atoms with E-state index in [-0.39, 0.29) is 5.92 Å². The molecule has 0 aliphatic rings. The lowest BCUT2D eigenvalue weighted by atomic mass is 10.0. The Balaban J connectivity index is 4.51. The lowest BCUT2D eigenvalue weighted by molar-refractivity contribution is -0.159. The summed E-state index contributed by atoms with van der Waals surface area (Å²) in [6.07, 6.45) is -4.36.